The van der Waals surface area contributed by atoms with E-state index >= 15 is 0 Å². The fourth-order valence-corrected chi connectivity index (χ4v) is 5.32. The maximum atomic E-state index is 14.9. The topological polar surface area (TPSA) is 84.7 Å². The smallest absolute Gasteiger partial charge is 0.255 e. The second-order valence-electron chi connectivity index (χ2n) is 9.44. The molecular formula is C26H24ClFN4O3. The molecule has 7 nitrogen and oxygen atoms in total. The zero-order valence-electron chi connectivity index (χ0n) is 19.0. The standard InChI is InChI=1S/C26H24ClFN4O3/c27-20-7-4-17(5-8-20)14-32-23(33)15-31(22-9-6-18(13-29)12-21(22)28)25(35)26(32)10-11-30(16-26)24(34)19-2-1-3-19/h4-9,12,19H,1-3,10-11,14-16H2/t26-/m1/s1. The van der Waals surface area contributed by atoms with Gasteiger partial charge in [-0.05, 0) is 55.2 Å². The van der Waals surface area contributed by atoms with Gasteiger partial charge in [-0.2, -0.15) is 5.26 Å². The maximum absolute atomic E-state index is 14.9. The number of benzene rings is 2. The number of carbonyl (C=O) groups is 3. The Kier molecular flexibility index (Phi) is 5.97. The van der Waals surface area contributed by atoms with Crippen molar-refractivity contribution in [3.63, 3.8) is 0 Å². The molecule has 1 aliphatic carbocycles. The summed E-state index contributed by atoms with van der Waals surface area (Å²) in [6, 6.07) is 12.7. The van der Waals surface area contributed by atoms with Gasteiger partial charge >= 0.3 is 0 Å². The monoisotopic (exact) mass is 494 g/mol. The van der Waals surface area contributed by atoms with Crippen LogP contribution >= 0.6 is 11.6 Å². The lowest BCUT2D eigenvalue weighted by Crippen LogP contribution is -2.69. The number of likely N-dealkylation sites (tertiary alicyclic amines) is 1. The van der Waals surface area contributed by atoms with Crippen LogP contribution < -0.4 is 4.90 Å². The Morgan fingerprint density at radius 3 is 2.54 bits per heavy atom. The van der Waals surface area contributed by atoms with Crippen molar-refractivity contribution in [1.29, 1.82) is 5.26 Å². The van der Waals surface area contributed by atoms with Gasteiger partial charge in [0.15, 0.2) is 0 Å². The highest BCUT2D eigenvalue weighted by Gasteiger charge is 2.57. The lowest BCUT2D eigenvalue weighted by molar-refractivity contribution is -0.152. The second kappa shape index (κ2) is 8.97. The average Bonchev–Trinajstić information content (AvgIpc) is 3.26. The lowest BCUT2D eigenvalue weighted by Gasteiger charge is -2.47. The van der Waals surface area contributed by atoms with E-state index in [1.165, 1.54) is 12.1 Å². The van der Waals surface area contributed by atoms with Crippen molar-refractivity contribution >= 4 is 35.0 Å². The SMILES string of the molecule is N#Cc1ccc(N2CC(=O)N(Cc3ccc(Cl)cc3)[C@@]3(CCN(C(=O)C4CCC4)C3)C2=O)c(F)c1. The Hall–Kier alpha value is -3.44. The minimum Gasteiger partial charge on any atom is -0.339 e. The first-order chi connectivity index (χ1) is 16.8. The minimum atomic E-state index is -1.30. The van der Waals surface area contributed by atoms with Crippen molar-refractivity contribution in [3.05, 3.63) is 64.4 Å². The molecule has 5 rings (SSSR count). The van der Waals surface area contributed by atoms with Crippen molar-refractivity contribution in [2.45, 2.75) is 37.8 Å². The third-order valence-corrected chi connectivity index (χ3v) is 7.64. The predicted octanol–water partition coefficient (Wildman–Crippen LogP) is 3.50. The summed E-state index contributed by atoms with van der Waals surface area (Å²) in [7, 11) is 0. The van der Waals surface area contributed by atoms with E-state index in [0.29, 0.717) is 11.6 Å². The van der Waals surface area contributed by atoms with Gasteiger partial charge in [0.2, 0.25) is 11.8 Å². The largest absolute Gasteiger partial charge is 0.339 e. The molecule has 3 aliphatic rings. The summed E-state index contributed by atoms with van der Waals surface area (Å²) in [6.07, 6.45) is 2.97. The van der Waals surface area contributed by atoms with Crippen LogP contribution in [0.5, 0.6) is 0 Å². The number of nitrogens with zero attached hydrogens (tertiary/aromatic N) is 4. The van der Waals surface area contributed by atoms with Gasteiger partial charge in [0.05, 0.1) is 23.9 Å². The summed E-state index contributed by atoms with van der Waals surface area (Å²) in [5, 5.41) is 9.62. The van der Waals surface area contributed by atoms with Crippen LogP contribution in [0.4, 0.5) is 10.1 Å². The van der Waals surface area contributed by atoms with Crippen molar-refractivity contribution in [2.75, 3.05) is 24.5 Å². The zero-order chi connectivity index (χ0) is 24.7. The Morgan fingerprint density at radius 2 is 1.91 bits per heavy atom. The summed E-state index contributed by atoms with van der Waals surface area (Å²) in [5.41, 5.74) is -0.415. The van der Waals surface area contributed by atoms with Crippen LogP contribution in [0.1, 0.15) is 36.8 Å². The number of amides is 3. The third kappa shape index (κ3) is 4.04. The molecule has 2 heterocycles. The molecule has 35 heavy (non-hydrogen) atoms. The van der Waals surface area contributed by atoms with E-state index < -0.39 is 17.3 Å². The molecule has 1 spiro atoms. The Balaban J connectivity index is 1.51. The summed E-state index contributed by atoms with van der Waals surface area (Å²) in [6.45, 7) is 0.286. The fourth-order valence-electron chi connectivity index (χ4n) is 5.19. The predicted molar refractivity (Wildman–Crippen MR) is 127 cm³/mol. The van der Waals surface area contributed by atoms with E-state index in [1.807, 2.05) is 6.07 Å². The number of hydrogen-bond acceptors (Lipinski definition) is 4. The van der Waals surface area contributed by atoms with Gasteiger partial charge in [-0.1, -0.05) is 30.2 Å². The molecule has 1 saturated carbocycles. The van der Waals surface area contributed by atoms with E-state index in [4.69, 9.17) is 16.9 Å². The van der Waals surface area contributed by atoms with Crippen molar-refractivity contribution < 1.29 is 18.8 Å². The van der Waals surface area contributed by atoms with Crippen molar-refractivity contribution in [3.8, 4) is 6.07 Å². The molecule has 3 amide bonds. The average molecular weight is 495 g/mol. The molecule has 0 unspecified atom stereocenters. The first-order valence-electron chi connectivity index (χ1n) is 11.7. The second-order valence-corrected chi connectivity index (χ2v) is 9.88. The molecule has 180 valence electrons. The van der Waals surface area contributed by atoms with Gasteiger partial charge < -0.3 is 9.80 Å². The van der Waals surface area contributed by atoms with Gasteiger partial charge in [0.1, 0.15) is 17.9 Å². The Labute approximate surface area is 207 Å². The first kappa shape index (κ1) is 23.3. The summed E-state index contributed by atoms with van der Waals surface area (Å²) in [4.78, 5) is 44.9. The third-order valence-electron chi connectivity index (χ3n) is 7.39. The van der Waals surface area contributed by atoms with Crippen molar-refractivity contribution in [2.24, 2.45) is 5.92 Å². The van der Waals surface area contributed by atoms with Crippen LogP contribution in [-0.4, -0.2) is 52.7 Å². The molecular weight excluding hydrogens is 471 g/mol. The van der Waals surface area contributed by atoms with Gasteiger partial charge in [0, 0.05) is 24.0 Å². The fraction of sp³-hybridized carbons (Fsp3) is 0.385. The number of carbonyl (C=O) groups excluding carboxylic acids is 3. The van der Waals surface area contributed by atoms with Gasteiger partial charge in [-0.3, -0.25) is 19.3 Å². The number of piperazine rings is 1. The molecule has 0 aromatic heterocycles. The minimum absolute atomic E-state index is 0.0153. The number of nitriles is 1. The molecule has 9 heteroatoms. The van der Waals surface area contributed by atoms with Crippen molar-refractivity contribution in [1.82, 2.24) is 9.80 Å². The maximum Gasteiger partial charge on any atom is 0.255 e. The van der Waals surface area contributed by atoms with Gasteiger partial charge in [-0.15, -0.1) is 0 Å². The molecule has 0 N–H and O–H groups in total. The molecule has 2 aromatic rings. The molecule has 1 atom stereocenters. The highest BCUT2D eigenvalue weighted by molar-refractivity contribution is 6.30. The molecule has 0 bridgehead atoms. The van der Waals surface area contributed by atoms with E-state index in [1.54, 1.807) is 34.1 Å². The summed E-state index contributed by atoms with van der Waals surface area (Å²) < 4.78 is 14.9. The van der Waals surface area contributed by atoms with Crippen LogP contribution in [0.25, 0.3) is 0 Å². The van der Waals surface area contributed by atoms with E-state index in [9.17, 15) is 18.8 Å². The molecule has 3 fully saturated rings. The highest BCUT2D eigenvalue weighted by atomic mass is 35.5. The molecule has 2 saturated heterocycles. The van der Waals surface area contributed by atoms with Crippen LogP contribution in [0.2, 0.25) is 5.02 Å². The van der Waals surface area contributed by atoms with Crippen LogP contribution in [0.3, 0.4) is 0 Å². The summed E-state index contributed by atoms with van der Waals surface area (Å²) in [5.74, 6) is -1.51. The Bertz CT molecular complexity index is 1240. The lowest BCUT2D eigenvalue weighted by atomic mass is 9.84. The van der Waals surface area contributed by atoms with Crippen LogP contribution in [0.15, 0.2) is 42.5 Å². The van der Waals surface area contributed by atoms with Gasteiger partial charge in [0.25, 0.3) is 5.91 Å². The number of rotatable bonds is 4. The first-order valence-corrected chi connectivity index (χ1v) is 12.1. The number of anilines is 1. The van der Waals surface area contributed by atoms with Gasteiger partial charge in [-0.25, -0.2) is 4.39 Å². The number of halogens is 2. The number of hydrogen-bond donors (Lipinski definition) is 0. The summed E-state index contributed by atoms with van der Waals surface area (Å²) >= 11 is 6.01. The molecule has 2 aromatic carbocycles. The van der Waals surface area contributed by atoms with E-state index in [-0.39, 0.29) is 55.0 Å². The highest BCUT2D eigenvalue weighted by Crippen LogP contribution is 2.39. The normalized spacial score (nSPS) is 22.5. The Morgan fingerprint density at radius 1 is 1.17 bits per heavy atom. The molecule has 0 radical (unpaired) electrons. The van der Waals surface area contributed by atoms with Crippen LogP contribution in [0, 0.1) is 23.1 Å². The van der Waals surface area contributed by atoms with E-state index in [0.717, 1.165) is 35.8 Å². The molecule has 2 aliphatic heterocycles. The quantitative estimate of drug-likeness (QED) is 0.651. The van der Waals surface area contributed by atoms with E-state index in [2.05, 4.69) is 0 Å². The van der Waals surface area contributed by atoms with Crippen LogP contribution in [-0.2, 0) is 20.9 Å². The zero-order valence-corrected chi connectivity index (χ0v) is 19.8.